The van der Waals surface area contributed by atoms with E-state index in [4.69, 9.17) is 0 Å². The highest BCUT2D eigenvalue weighted by Gasteiger charge is 2.44. The number of alkyl halides is 3. The lowest BCUT2D eigenvalue weighted by Gasteiger charge is -2.45. The summed E-state index contributed by atoms with van der Waals surface area (Å²) in [5.41, 5.74) is -0.0232. The second-order valence-corrected chi connectivity index (χ2v) is 11.9. The summed E-state index contributed by atoms with van der Waals surface area (Å²) in [6.07, 6.45) is -0.306. The smallest absolute Gasteiger partial charge is 0.407 e. The standard InChI is InChI=1S/C29H36F3N5O3/c1-19-13-35(23(16-36(19)27(39)40)15-34-10-9-22(30)14-34)17-25(38)37-18-28(2,3)26-24(37)11-21(12-33-26)29(31,32)20-7-5-4-6-8-20/h4-8,11-12,19,22-23H,9-10,13-18H2,1-3H3,(H,39,40)/t19-,22-,23+/m1/s1. The van der Waals surface area contributed by atoms with Crippen LogP contribution in [0.3, 0.4) is 0 Å². The van der Waals surface area contributed by atoms with Gasteiger partial charge in [-0.1, -0.05) is 44.2 Å². The van der Waals surface area contributed by atoms with Crippen LogP contribution in [0.2, 0.25) is 0 Å². The number of amides is 2. The Kier molecular flexibility index (Phi) is 7.56. The van der Waals surface area contributed by atoms with Crippen LogP contribution in [0.5, 0.6) is 0 Å². The minimum Gasteiger partial charge on any atom is -0.465 e. The van der Waals surface area contributed by atoms with E-state index in [2.05, 4.69) is 4.98 Å². The number of anilines is 1. The fourth-order valence-corrected chi connectivity index (χ4v) is 6.20. The van der Waals surface area contributed by atoms with E-state index in [0.29, 0.717) is 50.5 Å². The van der Waals surface area contributed by atoms with Crippen molar-refractivity contribution in [3.05, 3.63) is 59.4 Å². The third kappa shape index (κ3) is 5.41. The third-order valence-electron chi connectivity index (χ3n) is 8.38. The van der Waals surface area contributed by atoms with Gasteiger partial charge in [0.1, 0.15) is 6.17 Å². The summed E-state index contributed by atoms with van der Waals surface area (Å²) in [5, 5.41) is 9.70. The number of hydrogen-bond donors (Lipinski definition) is 1. The predicted molar refractivity (Wildman–Crippen MR) is 145 cm³/mol. The van der Waals surface area contributed by atoms with Crippen LogP contribution < -0.4 is 4.90 Å². The Morgan fingerprint density at radius 1 is 1.12 bits per heavy atom. The number of rotatable bonds is 6. The maximum absolute atomic E-state index is 15.4. The van der Waals surface area contributed by atoms with Crippen molar-refractivity contribution in [3.63, 3.8) is 0 Å². The van der Waals surface area contributed by atoms with Gasteiger partial charge in [0.25, 0.3) is 5.92 Å². The molecule has 216 valence electrons. The van der Waals surface area contributed by atoms with Gasteiger partial charge in [0, 0.05) is 74.1 Å². The lowest BCUT2D eigenvalue weighted by Crippen LogP contribution is -2.62. The molecule has 2 amide bonds. The first-order valence-corrected chi connectivity index (χ1v) is 13.7. The number of benzene rings is 1. The molecule has 5 rings (SSSR count). The Hall–Kier alpha value is -3.18. The van der Waals surface area contributed by atoms with Crippen LogP contribution in [-0.2, 0) is 16.1 Å². The molecule has 4 heterocycles. The molecule has 0 bridgehead atoms. The highest BCUT2D eigenvalue weighted by atomic mass is 19.3. The molecule has 8 nitrogen and oxygen atoms in total. The molecule has 11 heteroatoms. The first-order valence-electron chi connectivity index (χ1n) is 13.7. The number of piperazine rings is 1. The van der Waals surface area contributed by atoms with Crippen molar-refractivity contribution in [2.75, 3.05) is 50.7 Å². The number of hydrogen-bond acceptors (Lipinski definition) is 5. The average molecular weight is 560 g/mol. The lowest BCUT2D eigenvalue weighted by molar-refractivity contribution is -0.121. The minimum absolute atomic E-state index is 0.00974. The molecule has 1 N–H and O–H groups in total. The van der Waals surface area contributed by atoms with Crippen LogP contribution in [0.1, 0.15) is 44.0 Å². The number of fused-ring (bicyclic) bond motifs is 1. The lowest BCUT2D eigenvalue weighted by atomic mass is 9.90. The van der Waals surface area contributed by atoms with E-state index in [1.165, 1.54) is 34.2 Å². The molecular weight excluding hydrogens is 523 g/mol. The summed E-state index contributed by atoms with van der Waals surface area (Å²) in [7, 11) is 0. The molecule has 40 heavy (non-hydrogen) atoms. The van der Waals surface area contributed by atoms with Crippen molar-refractivity contribution in [3.8, 4) is 0 Å². The van der Waals surface area contributed by atoms with Gasteiger partial charge in [-0.3, -0.25) is 19.6 Å². The van der Waals surface area contributed by atoms with Crippen molar-refractivity contribution in [1.82, 2.24) is 19.7 Å². The molecule has 2 saturated heterocycles. The zero-order valence-electron chi connectivity index (χ0n) is 23.1. The highest BCUT2D eigenvalue weighted by Crippen LogP contribution is 2.43. The Balaban J connectivity index is 1.40. The summed E-state index contributed by atoms with van der Waals surface area (Å²) in [6.45, 7) is 7.80. The highest BCUT2D eigenvalue weighted by molar-refractivity contribution is 5.97. The van der Waals surface area contributed by atoms with E-state index in [1.54, 1.807) is 25.1 Å². The summed E-state index contributed by atoms with van der Waals surface area (Å²) >= 11 is 0. The van der Waals surface area contributed by atoms with Gasteiger partial charge in [-0.25, -0.2) is 9.18 Å². The zero-order valence-corrected chi connectivity index (χ0v) is 23.1. The van der Waals surface area contributed by atoms with Crippen LogP contribution in [-0.4, -0.2) is 101 Å². The Bertz CT molecular complexity index is 1260. The van der Waals surface area contributed by atoms with Gasteiger partial charge in [0.15, 0.2) is 0 Å². The van der Waals surface area contributed by atoms with Crippen LogP contribution in [0.25, 0.3) is 0 Å². The van der Waals surface area contributed by atoms with Gasteiger partial charge in [0.2, 0.25) is 5.91 Å². The summed E-state index contributed by atoms with van der Waals surface area (Å²) in [6, 6.07) is 8.25. The van der Waals surface area contributed by atoms with Gasteiger partial charge in [-0.2, -0.15) is 8.78 Å². The van der Waals surface area contributed by atoms with Crippen LogP contribution in [0, 0.1) is 0 Å². The van der Waals surface area contributed by atoms with Gasteiger partial charge < -0.3 is 14.9 Å². The quantitative estimate of drug-likeness (QED) is 0.578. The van der Waals surface area contributed by atoms with Crippen molar-refractivity contribution >= 4 is 17.7 Å². The molecule has 0 aliphatic carbocycles. The first-order chi connectivity index (χ1) is 18.9. The second-order valence-electron chi connectivity index (χ2n) is 11.9. The minimum atomic E-state index is -3.29. The Labute approximate surface area is 232 Å². The molecule has 3 aliphatic rings. The number of nitrogens with zero attached hydrogens (tertiary/aromatic N) is 5. The largest absolute Gasteiger partial charge is 0.465 e. The molecule has 0 saturated carbocycles. The van der Waals surface area contributed by atoms with Gasteiger partial charge in [0.05, 0.1) is 17.9 Å². The molecule has 3 aliphatic heterocycles. The topological polar surface area (TPSA) is 80.2 Å². The number of carbonyl (C=O) groups excluding carboxylic acids is 1. The van der Waals surface area contributed by atoms with E-state index in [0.717, 1.165) is 0 Å². The fraction of sp³-hybridized carbons (Fsp3) is 0.552. The first kappa shape index (κ1) is 28.4. The van der Waals surface area contributed by atoms with Crippen molar-refractivity contribution in [2.45, 2.75) is 56.8 Å². The van der Waals surface area contributed by atoms with Gasteiger partial charge in [-0.05, 0) is 19.4 Å². The van der Waals surface area contributed by atoms with Crippen molar-refractivity contribution in [2.24, 2.45) is 0 Å². The van der Waals surface area contributed by atoms with E-state index in [1.807, 2.05) is 23.6 Å². The second kappa shape index (κ2) is 10.7. The molecule has 3 atom stereocenters. The van der Waals surface area contributed by atoms with E-state index in [-0.39, 0.29) is 42.2 Å². The fourth-order valence-electron chi connectivity index (χ4n) is 6.20. The van der Waals surface area contributed by atoms with Gasteiger partial charge >= 0.3 is 6.09 Å². The molecule has 2 fully saturated rings. The number of halogens is 3. The molecule has 1 aromatic heterocycles. The number of carboxylic acid groups (broad SMARTS) is 1. The number of aromatic nitrogens is 1. The zero-order chi connectivity index (χ0) is 28.8. The molecule has 0 spiro atoms. The Morgan fingerprint density at radius 2 is 1.85 bits per heavy atom. The monoisotopic (exact) mass is 559 g/mol. The van der Waals surface area contributed by atoms with E-state index in [9.17, 15) is 19.1 Å². The maximum atomic E-state index is 15.4. The predicted octanol–water partition coefficient (Wildman–Crippen LogP) is 3.94. The molecule has 1 aromatic carbocycles. The van der Waals surface area contributed by atoms with Crippen molar-refractivity contribution < 1.29 is 27.9 Å². The average Bonchev–Trinajstić information content (AvgIpc) is 3.44. The molecule has 2 aromatic rings. The SMILES string of the molecule is C[C@@H]1CN(CC(=O)N2CC(C)(C)c3ncc(C(F)(F)c4ccccc4)cc32)[C@@H](CN2CC[C@@H](F)C2)CN1C(=O)O. The normalized spacial score (nSPS) is 25.3. The van der Waals surface area contributed by atoms with E-state index < -0.39 is 23.6 Å². The number of pyridine rings is 1. The number of carbonyl (C=O) groups is 2. The van der Waals surface area contributed by atoms with Crippen LogP contribution in [0.4, 0.5) is 23.7 Å². The van der Waals surface area contributed by atoms with E-state index >= 15 is 8.78 Å². The third-order valence-corrected chi connectivity index (χ3v) is 8.38. The van der Waals surface area contributed by atoms with Crippen LogP contribution in [0.15, 0.2) is 42.6 Å². The van der Waals surface area contributed by atoms with Gasteiger partial charge in [-0.15, -0.1) is 0 Å². The number of likely N-dealkylation sites (tertiary alicyclic amines) is 1. The molecular formula is C29H36F3N5O3. The summed E-state index contributed by atoms with van der Waals surface area (Å²) in [4.78, 5) is 36.9. The van der Waals surface area contributed by atoms with Crippen LogP contribution >= 0.6 is 0 Å². The molecule has 0 unspecified atom stereocenters. The van der Waals surface area contributed by atoms with Crippen molar-refractivity contribution in [1.29, 1.82) is 0 Å². The molecule has 0 radical (unpaired) electrons. The Morgan fingerprint density at radius 3 is 2.50 bits per heavy atom. The summed E-state index contributed by atoms with van der Waals surface area (Å²) in [5.74, 6) is -3.55. The summed E-state index contributed by atoms with van der Waals surface area (Å²) < 4.78 is 44.7. The maximum Gasteiger partial charge on any atom is 0.407 e.